The number of carbonyl (C=O) groups is 3. The van der Waals surface area contributed by atoms with Crippen molar-refractivity contribution >= 4 is 39.7 Å². The van der Waals surface area contributed by atoms with Crippen LogP contribution in [0.2, 0.25) is 0 Å². The molecule has 8 heterocycles. The molecule has 3 amide bonds. The van der Waals surface area contributed by atoms with Gasteiger partial charge in [-0.25, -0.2) is 4.79 Å². The van der Waals surface area contributed by atoms with Gasteiger partial charge in [0.2, 0.25) is 0 Å². The highest BCUT2D eigenvalue weighted by Crippen LogP contribution is 2.35. The average Bonchev–Trinajstić information content (AvgIpc) is 4.06. The molecule has 0 saturated carbocycles. The minimum absolute atomic E-state index is 0.0833. The zero-order valence-corrected chi connectivity index (χ0v) is 39.2. The Kier molecular flexibility index (Phi) is 12.4. The minimum Gasteiger partial charge on any atom is -0.444 e. The van der Waals surface area contributed by atoms with Gasteiger partial charge in [-0.2, -0.15) is 0 Å². The molecule has 65 heavy (non-hydrogen) atoms. The Bertz CT molecular complexity index is 2720. The Hall–Kier alpha value is -5.89. The van der Waals surface area contributed by atoms with E-state index in [-0.39, 0.29) is 17.9 Å². The van der Waals surface area contributed by atoms with Crippen LogP contribution in [0.3, 0.4) is 0 Å². The molecule has 6 aromatic rings. The lowest BCUT2D eigenvalue weighted by Gasteiger charge is -2.31. The molecule has 14 heteroatoms. The van der Waals surface area contributed by atoms with Crippen LogP contribution in [0.15, 0.2) is 57.8 Å². The second kappa shape index (κ2) is 18.2. The molecule has 0 unspecified atom stereocenters. The van der Waals surface area contributed by atoms with Crippen LogP contribution in [-0.2, 0) is 43.8 Å². The van der Waals surface area contributed by atoms with E-state index in [1.165, 1.54) is 27.9 Å². The van der Waals surface area contributed by atoms with Crippen molar-refractivity contribution < 1.29 is 28.2 Å². The number of hydrogen-bond acceptors (Lipinski definition) is 9. The van der Waals surface area contributed by atoms with E-state index in [9.17, 15) is 14.4 Å². The molecule has 0 radical (unpaired) electrons. The van der Waals surface area contributed by atoms with Gasteiger partial charge in [-0.05, 0) is 114 Å². The molecule has 4 aromatic heterocycles. The van der Waals surface area contributed by atoms with Gasteiger partial charge in [0.05, 0.1) is 32.0 Å². The molecule has 2 saturated heterocycles. The number of benzene rings is 2. The molecule has 14 nitrogen and oxygen atoms in total. The predicted octanol–water partition coefficient (Wildman–Crippen LogP) is 8.66. The molecule has 10 rings (SSSR count). The van der Waals surface area contributed by atoms with Crippen LogP contribution in [0.1, 0.15) is 126 Å². The van der Waals surface area contributed by atoms with Gasteiger partial charge in [-0.15, -0.1) is 0 Å². The first-order valence-corrected chi connectivity index (χ1v) is 23.6. The Labute approximate surface area is 381 Å². The summed E-state index contributed by atoms with van der Waals surface area (Å²) in [5, 5.41) is 13.6. The van der Waals surface area contributed by atoms with E-state index in [2.05, 4.69) is 50.7 Å². The number of carbonyl (C=O) groups excluding carboxylic acids is 3. The van der Waals surface area contributed by atoms with Gasteiger partial charge in [-0.3, -0.25) is 9.59 Å². The fourth-order valence-electron chi connectivity index (χ4n) is 10.0. The lowest BCUT2D eigenvalue weighted by Crippen LogP contribution is -2.40. The third-order valence-corrected chi connectivity index (χ3v) is 14.0. The fraction of sp³-hybridized carbons (Fsp3) is 0.510. The van der Waals surface area contributed by atoms with Crippen LogP contribution in [0.4, 0.5) is 4.79 Å². The summed E-state index contributed by atoms with van der Waals surface area (Å²) in [5.74, 6) is 3.29. The van der Waals surface area contributed by atoms with Crippen molar-refractivity contribution in [3.63, 3.8) is 0 Å². The van der Waals surface area contributed by atoms with Gasteiger partial charge in [-0.1, -0.05) is 24.2 Å². The highest BCUT2D eigenvalue weighted by atomic mass is 16.6. The first kappa shape index (κ1) is 44.3. The lowest BCUT2D eigenvalue weighted by atomic mass is 9.98. The van der Waals surface area contributed by atoms with E-state index in [4.69, 9.17) is 13.8 Å². The molecule has 2 aromatic carbocycles. The largest absolute Gasteiger partial charge is 0.444 e. The number of amides is 3. The predicted molar refractivity (Wildman–Crippen MR) is 249 cm³/mol. The third-order valence-electron chi connectivity index (χ3n) is 14.0. The highest BCUT2D eigenvalue weighted by Gasteiger charge is 2.31. The van der Waals surface area contributed by atoms with E-state index in [0.29, 0.717) is 37.5 Å². The van der Waals surface area contributed by atoms with E-state index >= 15 is 0 Å². The van der Waals surface area contributed by atoms with Gasteiger partial charge < -0.3 is 42.9 Å². The summed E-state index contributed by atoms with van der Waals surface area (Å²) in [4.78, 5) is 45.1. The second-order valence-electron chi connectivity index (χ2n) is 19.8. The Morgan fingerprint density at radius 2 is 1.18 bits per heavy atom. The van der Waals surface area contributed by atoms with Gasteiger partial charge >= 0.3 is 6.09 Å². The van der Waals surface area contributed by atoms with Crippen LogP contribution in [0.5, 0.6) is 0 Å². The first-order chi connectivity index (χ1) is 31.2. The molecular weight excluding hydrogens is 821 g/mol. The van der Waals surface area contributed by atoms with Gasteiger partial charge in [0.1, 0.15) is 17.1 Å². The number of nitrogens with one attached hydrogen (secondary N) is 1. The van der Waals surface area contributed by atoms with Crippen LogP contribution < -0.4 is 5.32 Å². The van der Waals surface area contributed by atoms with E-state index in [0.717, 1.165) is 129 Å². The molecule has 0 aliphatic carbocycles. The Balaban J connectivity index is 0.000000168. The standard InChI is InChI=1S/C28H36N4O4.C23H28N4O2/c1-18-8-11-30(12-9-18)26(33)20-6-7-24-22(14-20)23-17-31(27(34)35-28(3,4)5)13-10-25(23)32(24)16-21-15-29-36-19(21)2;1-15-6-9-26(10-7-15)23(28)17-3-4-21-19(11-17)20-13-24-8-5-22(20)27(21)14-18-12-25-29-16(18)2/h6-7,14-15,18H,8-13,16-17H2,1-5H3;3-4,11-12,15,24H,5-10,13-14H2,1-2H3. The maximum Gasteiger partial charge on any atom is 0.410 e. The van der Waals surface area contributed by atoms with Crippen molar-refractivity contribution in [1.82, 2.24) is 39.5 Å². The molecule has 4 aliphatic heterocycles. The molecule has 0 bridgehead atoms. The third kappa shape index (κ3) is 9.19. The summed E-state index contributed by atoms with van der Waals surface area (Å²) in [6.45, 7) is 21.6. The van der Waals surface area contributed by atoms with E-state index in [1.54, 1.807) is 11.1 Å². The molecule has 344 valence electrons. The Morgan fingerprint density at radius 3 is 1.66 bits per heavy atom. The normalized spacial score (nSPS) is 17.2. The number of aryl methyl sites for hydroxylation is 2. The Morgan fingerprint density at radius 1 is 0.692 bits per heavy atom. The van der Waals surface area contributed by atoms with Crippen molar-refractivity contribution in [1.29, 1.82) is 0 Å². The number of fused-ring (bicyclic) bond motifs is 6. The summed E-state index contributed by atoms with van der Waals surface area (Å²) in [6, 6.07) is 12.2. The summed E-state index contributed by atoms with van der Waals surface area (Å²) in [7, 11) is 0. The van der Waals surface area contributed by atoms with Crippen molar-refractivity contribution in [2.45, 2.75) is 119 Å². The summed E-state index contributed by atoms with van der Waals surface area (Å²) < 4.78 is 20.9. The summed E-state index contributed by atoms with van der Waals surface area (Å²) >= 11 is 0. The molecule has 0 spiro atoms. The average molecular weight is 885 g/mol. The van der Waals surface area contributed by atoms with Crippen LogP contribution in [0, 0.1) is 25.7 Å². The smallest absolute Gasteiger partial charge is 0.410 e. The maximum absolute atomic E-state index is 13.4. The van der Waals surface area contributed by atoms with E-state index in [1.807, 2.05) is 74.9 Å². The molecular formula is C51H64N8O6. The summed E-state index contributed by atoms with van der Waals surface area (Å²) in [5.41, 5.74) is 10.3. The van der Waals surface area contributed by atoms with Crippen LogP contribution in [-0.4, -0.2) is 96.9 Å². The monoisotopic (exact) mass is 884 g/mol. The van der Waals surface area contributed by atoms with Gasteiger partial charge in [0, 0.05) is 120 Å². The number of hydrogen-bond donors (Lipinski definition) is 1. The van der Waals surface area contributed by atoms with Crippen LogP contribution >= 0.6 is 0 Å². The molecule has 2 fully saturated rings. The molecule has 0 atom stereocenters. The van der Waals surface area contributed by atoms with Gasteiger partial charge in [0.15, 0.2) is 0 Å². The zero-order chi connectivity index (χ0) is 45.6. The van der Waals surface area contributed by atoms with Crippen molar-refractivity contribution in [2.24, 2.45) is 11.8 Å². The first-order valence-electron chi connectivity index (χ1n) is 23.6. The van der Waals surface area contributed by atoms with Crippen LogP contribution in [0.25, 0.3) is 21.8 Å². The number of nitrogens with zero attached hydrogens (tertiary/aromatic N) is 7. The highest BCUT2D eigenvalue weighted by molar-refractivity contribution is 6.00. The summed E-state index contributed by atoms with van der Waals surface area (Å²) in [6.07, 6.45) is 9.25. The maximum atomic E-state index is 13.4. The van der Waals surface area contributed by atoms with Crippen molar-refractivity contribution in [3.05, 3.63) is 105 Å². The van der Waals surface area contributed by atoms with Crippen molar-refractivity contribution in [3.8, 4) is 0 Å². The van der Waals surface area contributed by atoms with Gasteiger partial charge in [0.25, 0.3) is 11.8 Å². The SMILES string of the molecule is Cc1oncc1Cn1c2c(c3cc(C(=O)N4CCC(C)CC4)ccc31)CN(C(=O)OC(C)(C)C)CC2.Cc1oncc1Cn1c2c(c3cc(C(=O)N4CCC(C)CC4)ccc31)CNCC2. The minimum atomic E-state index is -0.553. The number of piperidine rings is 2. The topological polar surface area (TPSA) is 144 Å². The quantitative estimate of drug-likeness (QED) is 0.174. The molecule has 1 N–H and O–H groups in total. The lowest BCUT2D eigenvalue weighted by molar-refractivity contribution is 0.0223. The zero-order valence-electron chi connectivity index (χ0n) is 39.2. The number of ether oxygens (including phenoxy) is 1. The molecule has 4 aliphatic rings. The van der Waals surface area contributed by atoms with Crippen molar-refractivity contribution in [2.75, 3.05) is 39.3 Å². The second-order valence-corrected chi connectivity index (χ2v) is 19.8. The van der Waals surface area contributed by atoms with E-state index < -0.39 is 5.60 Å². The number of likely N-dealkylation sites (tertiary alicyclic amines) is 2. The number of aromatic nitrogens is 4. The fourth-order valence-corrected chi connectivity index (χ4v) is 10.0. The number of rotatable bonds is 6.